The molecule has 2 rings (SSSR count). The maximum Gasteiger partial charge on any atom is 0.260 e. The lowest BCUT2D eigenvalue weighted by Gasteiger charge is -2.10. The number of aromatic nitrogens is 1. The van der Waals surface area contributed by atoms with E-state index in [4.69, 9.17) is 0 Å². The smallest absolute Gasteiger partial charge is 0.260 e. The van der Waals surface area contributed by atoms with E-state index in [9.17, 15) is 8.42 Å². The molecule has 0 saturated carbocycles. The summed E-state index contributed by atoms with van der Waals surface area (Å²) in [6.07, 6.45) is 2.37. The van der Waals surface area contributed by atoms with E-state index < -0.39 is 10.0 Å². The van der Waals surface area contributed by atoms with Crippen molar-refractivity contribution in [3.63, 3.8) is 0 Å². The first-order chi connectivity index (χ1) is 9.58. The van der Waals surface area contributed by atoms with Gasteiger partial charge in [0.25, 0.3) is 10.0 Å². The first-order valence-electron chi connectivity index (χ1n) is 6.26. The number of nitrogens with one attached hydrogen (secondary N) is 2. The Bertz CT molecular complexity index is 680. The first kappa shape index (κ1) is 15.0. The van der Waals surface area contributed by atoms with Crippen LogP contribution < -0.4 is 10.0 Å². The van der Waals surface area contributed by atoms with Crippen LogP contribution in [-0.4, -0.2) is 20.4 Å². The van der Waals surface area contributed by atoms with Crippen LogP contribution in [-0.2, 0) is 23.0 Å². The molecule has 0 aliphatic rings. The molecule has 0 amide bonds. The molecular weight excluding hydrogens is 294 g/mol. The summed E-state index contributed by atoms with van der Waals surface area (Å²) in [4.78, 5) is 4.99. The van der Waals surface area contributed by atoms with Crippen molar-refractivity contribution in [1.82, 2.24) is 9.71 Å². The Hall–Kier alpha value is -1.44. The van der Waals surface area contributed by atoms with Crippen LogP contribution in [0.25, 0.3) is 0 Å². The zero-order valence-electron chi connectivity index (χ0n) is 11.4. The molecular formula is C13H17N3O2S2. The average Bonchev–Trinajstić information content (AvgIpc) is 2.92. The fourth-order valence-electron chi connectivity index (χ4n) is 1.86. The van der Waals surface area contributed by atoms with Gasteiger partial charge in [0.15, 0.2) is 5.03 Å². The van der Waals surface area contributed by atoms with E-state index in [2.05, 4.69) is 21.9 Å². The Balaban J connectivity index is 2.19. The van der Waals surface area contributed by atoms with Crippen LogP contribution in [0.5, 0.6) is 0 Å². The highest BCUT2D eigenvalue weighted by atomic mass is 32.2. The minimum absolute atomic E-state index is 0.0251. The van der Waals surface area contributed by atoms with Crippen molar-refractivity contribution in [2.75, 3.05) is 12.4 Å². The summed E-state index contributed by atoms with van der Waals surface area (Å²) in [5.41, 5.74) is 1.66. The molecule has 2 heterocycles. The zero-order chi connectivity index (χ0) is 14.6. The molecule has 0 aliphatic heterocycles. The van der Waals surface area contributed by atoms with Gasteiger partial charge in [-0.05, 0) is 35.6 Å². The second-order valence-electron chi connectivity index (χ2n) is 4.15. The highest BCUT2D eigenvalue weighted by Gasteiger charge is 2.19. The topological polar surface area (TPSA) is 71.1 Å². The molecule has 2 aromatic heterocycles. The van der Waals surface area contributed by atoms with Crippen LogP contribution in [0.3, 0.4) is 0 Å². The Morgan fingerprint density at radius 1 is 1.35 bits per heavy atom. The summed E-state index contributed by atoms with van der Waals surface area (Å²) in [5, 5.41) is 4.84. The molecule has 0 radical (unpaired) electrons. The number of aryl methyl sites for hydroxylation is 1. The van der Waals surface area contributed by atoms with Gasteiger partial charge < -0.3 is 5.32 Å². The van der Waals surface area contributed by atoms with Crippen molar-refractivity contribution < 1.29 is 8.42 Å². The minimum Gasteiger partial charge on any atom is -0.386 e. The van der Waals surface area contributed by atoms with Gasteiger partial charge in [-0.15, -0.1) is 11.3 Å². The molecule has 2 aromatic rings. The maximum absolute atomic E-state index is 12.3. The molecule has 0 bridgehead atoms. The highest BCUT2D eigenvalue weighted by Crippen LogP contribution is 2.20. The van der Waals surface area contributed by atoms with E-state index in [0.717, 1.165) is 11.3 Å². The van der Waals surface area contributed by atoms with Crippen LogP contribution in [0.15, 0.2) is 34.8 Å². The molecule has 0 saturated heterocycles. The molecule has 2 N–H and O–H groups in total. The summed E-state index contributed by atoms with van der Waals surface area (Å²) in [6.45, 7) is 2.35. The van der Waals surface area contributed by atoms with Crippen molar-refractivity contribution in [2.24, 2.45) is 0 Å². The van der Waals surface area contributed by atoms with Gasteiger partial charge in [0.2, 0.25) is 0 Å². The number of hydrogen-bond acceptors (Lipinski definition) is 5. The Morgan fingerprint density at radius 2 is 2.15 bits per heavy atom. The fourth-order valence-corrected chi connectivity index (χ4v) is 4.00. The summed E-state index contributed by atoms with van der Waals surface area (Å²) >= 11 is 1.56. The molecule has 0 aromatic carbocycles. The molecule has 20 heavy (non-hydrogen) atoms. The number of sulfonamides is 1. The fraction of sp³-hybridized carbons (Fsp3) is 0.308. The SMILES string of the molecule is CCc1ccsc1CNS(=O)(=O)c1ncccc1NC. The summed E-state index contributed by atoms with van der Waals surface area (Å²) < 4.78 is 27.2. The van der Waals surface area contributed by atoms with E-state index in [1.165, 1.54) is 11.8 Å². The van der Waals surface area contributed by atoms with Crippen molar-refractivity contribution in [3.8, 4) is 0 Å². The summed E-state index contributed by atoms with van der Waals surface area (Å²) in [7, 11) is -1.95. The number of pyridine rings is 1. The molecule has 0 unspecified atom stereocenters. The third-order valence-corrected chi connectivity index (χ3v) is 5.26. The van der Waals surface area contributed by atoms with Gasteiger partial charge in [-0.2, -0.15) is 0 Å². The van der Waals surface area contributed by atoms with Crippen LogP contribution in [0.1, 0.15) is 17.4 Å². The van der Waals surface area contributed by atoms with E-state index >= 15 is 0 Å². The second kappa shape index (κ2) is 6.34. The summed E-state index contributed by atoms with van der Waals surface area (Å²) in [5.74, 6) is 0. The van der Waals surface area contributed by atoms with E-state index in [0.29, 0.717) is 12.2 Å². The van der Waals surface area contributed by atoms with E-state index in [1.54, 1.807) is 30.5 Å². The number of thiophene rings is 1. The van der Waals surface area contributed by atoms with Gasteiger partial charge in [-0.3, -0.25) is 0 Å². The zero-order valence-corrected chi connectivity index (χ0v) is 13.0. The number of nitrogens with zero attached hydrogens (tertiary/aromatic N) is 1. The van der Waals surface area contributed by atoms with Crippen molar-refractivity contribution in [3.05, 3.63) is 40.2 Å². The molecule has 5 nitrogen and oxygen atoms in total. The molecule has 108 valence electrons. The molecule has 7 heteroatoms. The maximum atomic E-state index is 12.3. The normalized spacial score (nSPS) is 11.5. The number of rotatable bonds is 6. The quantitative estimate of drug-likeness (QED) is 0.858. The summed E-state index contributed by atoms with van der Waals surface area (Å²) in [6, 6.07) is 5.40. The van der Waals surface area contributed by atoms with E-state index in [-0.39, 0.29) is 5.03 Å². The van der Waals surface area contributed by atoms with Gasteiger partial charge in [0.1, 0.15) is 0 Å². The third-order valence-electron chi connectivity index (χ3n) is 2.94. The third kappa shape index (κ3) is 3.17. The predicted molar refractivity (Wildman–Crippen MR) is 81.5 cm³/mol. The largest absolute Gasteiger partial charge is 0.386 e. The lowest BCUT2D eigenvalue weighted by molar-refractivity contribution is 0.578. The van der Waals surface area contributed by atoms with Crippen LogP contribution in [0.4, 0.5) is 5.69 Å². The van der Waals surface area contributed by atoms with Gasteiger partial charge >= 0.3 is 0 Å². The lowest BCUT2D eigenvalue weighted by atomic mass is 10.2. The van der Waals surface area contributed by atoms with Crippen LogP contribution in [0, 0.1) is 0 Å². The van der Waals surface area contributed by atoms with E-state index in [1.807, 2.05) is 11.4 Å². The predicted octanol–water partition coefficient (Wildman–Crippen LogP) is 2.23. The van der Waals surface area contributed by atoms with Crippen molar-refractivity contribution in [2.45, 2.75) is 24.9 Å². The molecule has 0 spiro atoms. The number of hydrogen-bond donors (Lipinski definition) is 2. The van der Waals surface area contributed by atoms with Gasteiger partial charge in [-0.25, -0.2) is 18.1 Å². The molecule has 0 aliphatic carbocycles. The van der Waals surface area contributed by atoms with Crippen molar-refractivity contribution in [1.29, 1.82) is 0 Å². The Morgan fingerprint density at radius 3 is 2.85 bits per heavy atom. The Labute approximate surface area is 123 Å². The highest BCUT2D eigenvalue weighted by molar-refractivity contribution is 7.89. The van der Waals surface area contributed by atoms with Gasteiger partial charge in [0, 0.05) is 24.7 Å². The van der Waals surface area contributed by atoms with Crippen LogP contribution >= 0.6 is 11.3 Å². The van der Waals surface area contributed by atoms with Gasteiger partial charge in [0.05, 0.1) is 5.69 Å². The standard InChI is InChI=1S/C13H17N3O2S2/c1-3-10-6-8-19-12(10)9-16-20(17,18)13-11(14-2)5-4-7-15-13/h4-8,14,16H,3,9H2,1-2H3. The minimum atomic E-state index is -3.62. The second-order valence-corrected chi connectivity index (χ2v) is 6.84. The first-order valence-corrected chi connectivity index (χ1v) is 8.62. The molecule has 0 atom stereocenters. The monoisotopic (exact) mass is 311 g/mol. The van der Waals surface area contributed by atoms with Crippen molar-refractivity contribution >= 4 is 27.0 Å². The molecule has 0 fully saturated rings. The average molecular weight is 311 g/mol. The van der Waals surface area contributed by atoms with Gasteiger partial charge in [-0.1, -0.05) is 6.92 Å². The Kier molecular flexibility index (Phi) is 4.74. The van der Waals surface area contributed by atoms with Crippen LogP contribution in [0.2, 0.25) is 0 Å². The number of anilines is 1. The lowest BCUT2D eigenvalue weighted by Crippen LogP contribution is -2.25.